The molecule has 1 aliphatic heterocycles. The Bertz CT molecular complexity index is 476. The molecular weight excluding hydrogens is 445 g/mol. The van der Waals surface area contributed by atoms with Crippen LogP contribution in [0.25, 0.3) is 0 Å². The van der Waals surface area contributed by atoms with Gasteiger partial charge in [0.2, 0.25) is 0 Å². The van der Waals surface area contributed by atoms with Crippen molar-refractivity contribution in [2.24, 2.45) is 10.9 Å². The number of furan rings is 1. The van der Waals surface area contributed by atoms with E-state index >= 15 is 0 Å². The van der Waals surface area contributed by atoms with Gasteiger partial charge in [-0.05, 0) is 50.7 Å². The van der Waals surface area contributed by atoms with Gasteiger partial charge >= 0.3 is 0 Å². The first-order valence-electron chi connectivity index (χ1n) is 9.47. The third-order valence-electron chi connectivity index (χ3n) is 4.44. The molecule has 0 aliphatic carbocycles. The lowest BCUT2D eigenvalue weighted by molar-refractivity contribution is 0.0625. The van der Waals surface area contributed by atoms with E-state index in [0.29, 0.717) is 13.2 Å². The Balaban J connectivity index is 0.00000338. The maximum absolute atomic E-state index is 5.60. The Kier molecular flexibility index (Phi) is 12.8. The van der Waals surface area contributed by atoms with Gasteiger partial charge in [0.25, 0.3) is 0 Å². The standard InChI is InChI=1S/C19H33N3O3.HI/c1-3-20-19(22(2)11-7-17-8-14-23-15-9-17)21-10-5-12-24-16-18-6-4-13-25-18;/h4,6,13,17H,3,5,7-12,14-16H2,1-2H3,(H,20,21);1H. The molecule has 150 valence electrons. The highest BCUT2D eigenvalue weighted by atomic mass is 127. The molecule has 2 rings (SSSR count). The van der Waals surface area contributed by atoms with Gasteiger partial charge in [0, 0.05) is 46.5 Å². The highest BCUT2D eigenvalue weighted by Gasteiger charge is 2.15. The second-order valence-electron chi connectivity index (χ2n) is 6.49. The summed E-state index contributed by atoms with van der Waals surface area (Å²) in [5, 5.41) is 3.38. The zero-order chi connectivity index (χ0) is 17.7. The molecule has 0 aromatic carbocycles. The summed E-state index contributed by atoms with van der Waals surface area (Å²) in [6.45, 7) is 7.84. The molecule has 1 aliphatic rings. The van der Waals surface area contributed by atoms with Crippen LogP contribution in [0.15, 0.2) is 27.8 Å². The molecule has 7 heteroatoms. The minimum absolute atomic E-state index is 0. The molecule has 1 aromatic heterocycles. The van der Waals surface area contributed by atoms with Gasteiger partial charge in [-0.3, -0.25) is 4.99 Å². The summed E-state index contributed by atoms with van der Waals surface area (Å²) in [5.74, 6) is 2.64. The number of nitrogens with zero attached hydrogens (tertiary/aromatic N) is 2. The van der Waals surface area contributed by atoms with Crippen molar-refractivity contribution in [2.45, 2.75) is 39.2 Å². The van der Waals surface area contributed by atoms with Crippen molar-refractivity contribution in [3.8, 4) is 0 Å². The number of hydrogen-bond donors (Lipinski definition) is 1. The zero-order valence-electron chi connectivity index (χ0n) is 16.1. The molecule has 0 saturated carbocycles. The molecular formula is C19H34IN3O3. The van der Waals surface area contributed by atoms with Crippen LogP contribution < -0.4 is 5.32 Å². The number of halogens is 1. The highest BCUT2D eigenvalue weighted by molar-refractivity contribution is 14.0. The lowest BCUT2D eigenvalue weighted by Gasteiger charge is -2.26. The topological polar surface area (TPSA) is 59.2 Å². The molecule has 1 fully saturated rings. The number of nitrogens with one attached hydrogen (secondary N) is 1. The molecule has 0 spiro atoms. The van der Waals surface area contributed by atoms with Crippen molar-refractivity contribution in [3.63, 3.8) is 0 Å². The van der Waals surface area contributed by atoms with Gasteiger partial charge in [0.15, 0.2) is 5.96 Å². The predicted molar refractivity (Wildman–Crippen MR) is 115 cm³/mol. The van der Waals surface area contributed by atoms with Crippen molar-refractivity contribution in [3.05, 3.63) is 24.2 Å². The van der Waals surface area contributed by atoms with Gasteiger partial charge < -0.3 is 24.1 Å². The van der Waals surface area contributed by atoms with Crippen LogP contribution in [-0.4, -0.2) is 57.4 Å². The summed E-state index contributed by atoms with van der Waals surface area (Å²) < 4.78 is 16.3. The Morgan fingerprint density at radius 3 is 2.88 bits per heavy atom. The van der Waals surface area contributed by atoms with E-state index in [-0.39, 0.29) is 24.0 Å². The Morgan fingerprint density at radius 1 is 1.38 bits per heavy atom. The lowest BCUT2D eigenvalue weighted by Crippen LogP contribution is -2.40. The summed E-state index contributed by atoms with van der Waals surface area (Å²) in [6, 6.07) is 3.80. The van der Waals surface area contributed by atoms with E-state index in [0.717, 1.165) is 56.9 Å². The molecule has 1 saturated heterocycles. The lowest BCUT2D eigenvalue weighted by atomic mass is 9.96. The minimum Gasteiger partial charge on any atom is -0.467 e. The SMILES string of the molecule is CCNC(=NCCCOCc1ccco1)N(C)CCC1CCOCC1.I. The second-order valence-corrected chi connectivity index (χ2v) is 6.49. The number of guanidine groups is 1. The van der Waals surface area contributed by atoms with Crippen LogP contribution in [0.4, 0.5) is 0 Å². The maximum Gasteiger partial charge on any atom is 0.193 e. The average molecular weight is 479 g/mol. The van der Waals surface area contributed by atoms with Crippen LogP contribution in [-0.2, 0) is 16.1 Å². The molecule has 0 atom stereocenters. The second kappa shape index (κ2) is 14.3. The van der Waals surface area contributed by atoms with E-state index in [9.17, 15) is 0 Å². The zero-order valence-corrected chi connectivity index (χ0v) is 18.4. The molecule has 0 unspecified atom stereocenters. The van der Waals surface area contributed by atoms with Crippen LogP contribution in [0.5, 0.6) is 0 Å². The number of ether oxygens (including phenoxy) is 2. The molecule has 6 nitrogen and oxygen atoms in total. The fourth-order valence-corrected chi connectivity index (χ4v) is 2.91. The molecule has 1 aromatic rings. The Morgan fingerprint density at radius 2 is 2.19 bits per heavy atom. The summed E-state index contributed by atoms with van der Waals surface area (Å²) in [7, 11) is 2.12. The van der Waals surface area contributed by atoms with Gasteiger partial charge in [0.05, 0.1) is 6.26 Å². The summed E-state index contributed by atoms with van der Waals surface area (Å²) >= 11 is 0. The van der Waals surface area contributed by atoms with E-state index in [1.807, 2.05) is 12.1 Å². The first-order valence-corrected chi connectivity index (χ1v) is 9.47. The first-order chi connectivity index (χ1) is 12.3. The van der Waals surface area contributed by atoms with Crippen molar-refractivity contribution < 1.29 is 13.9 Å². The third kappa shape index (κ3) is 9.23. The van der Waals surface area contributed by atoms with Crippen molar-refractivity contribution >= 4 is 29.9 Å². The van der Waals surface area contributed by atoms with E-state index < -0.39 is 0 Å². The summed E-state index contributed by atoms with van der Waals surface area (Å²) in [6.07, 6.45) is 6.16. The number of rotatable bonds is 10. The van der Waals surface area contributed by atoms with Gasteiger partial charge in [-0.2, -0.15) is 0 Å². The summed E-state index contributed by atoms with van der Waals surface area (Å²) in [5.41, 5.74) is 0. The molecule has 0 amide bonds. The number of aliphatic imine (C=N–C) groups is 1. The predicted octanol–water partition coefficient (Wildman–Crippen LogP) is 3.52. The Labute approximate surface area is 174 Å². The highest BCUT2D eigenvalue weighted by Crippen LogP contribution is 2.18. The van der Waals surface area contributed by atoms with E-state index in [4.69, 9.17) is 18.9 Å². The Hall–Kier alpha value is -0.800. The first kappa shape index (κ1) is 23.2. The fourth-order valence-electron chi connectivity index (χ4n) is 2.91. The van der Waals surface area contributed by atoms with Crippen LogP contribution >= 0.6 is 24.0 Å². The van der Waals surface area contributed by atoms with Gasteiger partial charge in [0.1, 0.15) is 12.4 Å². The van der Waals surface area contributed by atoms with Crippen molar-refractivity contribution in [1.29, 1.82) is 0 Å². The molecule has 0 bridgehead atoms. The van der Waals surface area contributed by atoms with Crippen LogP contribution in [0.2, 0.25) is 0 Å². The van der Waals surface area contributed by atoms with Gasteiger partial charge in [-0.25, -0.2) is 0 Å². The average Bonchev–Trinajstić information content (AvgIpc) is 3.16. The van der Waals surface area contributed by atoms with Gasteiger partial charge in [-0.15, -0.1) is 24.0 Å². The monoisotopic (exact) mass is 479 g/mol. The molecule has 2 heterocycles. The molecule has 26 heavy (non-hydrogen) atoms. The third-order valence-corrected chi connectivity index (χ3v) is 4.44. The number of hydrogen-bond acceptors (Lipinski definition) is 4. The quantitative estimate of drug-likeness (QED) is 0.241. The van der Waals surface area contributed by atoms with E-state index in [1.165, 1.54) is 19.3 Å². The van der Waals surface area contributed by atoms with Crippen LogP contribution in [0.3, 0.4) is 0 Å². The van der Waals surface area contributed by atoms with Crippen LogP contribution in [0, 0.1) is 5.92 Å². The maximum atomic E-state index is 5.60. The minimum atomic E-state index is 0. The largest absolute Gasteiger partial charge is 0.467 e. The van der Waals surface area contributed by atoms with Crippen molar-refractivity contribution in [1.82, 2.24) is 10.2 Å². The van der Waals surface area contributed by atoms with Gasteiger partial charge in [-0.1, -0.05) is 0 Å². The van der Waals surface area contributed by atoms with Crippen molar-refractivity contribution in [2.75, 3.05) is 46.5 Å². The van der Waals surface area contributed by atoms with E-state index in [2.05, 4.69) is 24.2 Å². The van der Waals surface area contributed by atoms with Crippen LogP contribution in [0.1, 0.15) is 38.4 Å². The fraction of sp³-hybridized carbons (Fsp3) is 0.737. The smallest absolute Gasteiger partial charge is 0.193 e. The molecule has 0 radical (unpaired) electrons. The molecule has 1 N–H and O–H groups in total. The van der Waals surface area contributed by atoms with E-state index in [1.54, 1.807) is 6.26 Å². The normalized spacial score (nSPS) is 15.5. The summed E-state index contributed by atoms with van der Waals surface area (Å²) in [4.78, 5) is 6.95.